The van der Waals surface area contributed by atoms with Crippen molar-refractivity contribution in [2.75, 3.05) is 12.0 Å². The highest BCUT2D eigenvalue weighted by atomic mass is 35.5. The van der Waals surface area contributed by atoms with Gasteiger partial charge in [0.15, 0.2) is 11.3 Å². The fraction of sp³-hybridized carbons (Fsp3) is 0.238. The summed E-state index contributed by atoms with van der Waals surface area (Å²) in [6, 6.07) is 13.1. The van der Waals surface area contributed by atoms with E-state index in [1.54, 1.807) is 17.8 Å². The lowest BCUT2D eigenvalue weighted by atomic mass is 10.1. The number of aryl methyl sites for hydroxylation is 1. The summed E-state index contributed by atoms with van der Waals surface area (Å²) >= 11 is 7.95. The maximum absolute atomic E-state index is 13.0. The summed E-state index contributed by atoms with van der Waals surface area (Å²) < 4.78 is 5.81. The smallest absolute Gasteiger partial charge is 0.287 e. The number of fused-ring (bicyclic) bond motifs is 2. The predicted molar refractivity (Wildman–Crippen MR) is 115 cm³/mol. The van der Waals surface area contributed by atoms with E-state index < -0.39 is 0 Å². The van der Waals surface area contributed by atoms with Gasteiger partial charge in [0.05, 0.1) is 22.1 Å². The van der Waals surface area contributed by atoms with Gasteiger partial charge in [-0.25, -0.2) is 4.98 Å². The van der Waals surface area contributed by atoms with Crippen LogP contribution >= 0.6 is 23.4 Å². The first-order chi connectivity index (χ1) is 13.6. The number of nitrogens with zero attached hydrogens (tertiary/aromatic N) is 1. The van der Waals surface area contributed by atoms with Crippen molar-refractivity contribution in [2.45, 2.75) is 19.4 Å². The zero-order valence-electron chi connectivity index (χ0n) is 15.6. The molecule has 2 aromatic carbocycles. The molecular formula is C21H20ClN3O2S. The number of benzene rings is 2. The van der Waals surface area contributed by atoms with Crippen LogP contribution in [0.15, 0.2) is 46.9 Å². The van der Waals surface area contributed by atoms with E-state index in [0.717, 1.165) is 40.0 Å². The van der Waals surface area contributed by atoms with Gasteiger partial charge >= 0.3 is 0 Å². The van der Waals surface area contributed by atoms with Crippen LogP contribution in [0.5, 0.6) is 0 Å². The monoisotopic (exact) mass is 413 g/mol. The van der Waals surface area contributed by atoms with Crippen molar-refractivity contribution in [2.24, 2.45) is 0 Å². The summed E-state index contributed by atoms with van der Waals surface area (Å²) in [5, 5.41) is 4.43. The molecule has 0 saturated heterocycles. The van der Waals surface area contributed by atoms with Crippen molar-refractivity contribution < 1.29 is 9.21 Å². The number of imidazole rings is 1. The van der Waals surface area contributed by atoms with Crippen LogP contribution in [0.2, 0.25) is 5.02 Å². The maximum Gasteiger partial charge on any atom is 0.287 e. The number of nitrogens with one attached hydrogen (secondary N) is 2. The number of thioether (sulfide) groups is 1. The lowest BCUT2D eigenvalue weighted by Gasteiger charge is -2.15. The van der Waals surface area contributed by atoms with Crippen LogP contribution < -0.4 is 5.32 Å². The third-order valence-electron chi connectivity index (χ3n) is 4.78. The molecule has 0 fully saturated rings. The molecule has 5 nitrogen and oxygen atoms in total. The van der Waals surface area contributed by atoms with E-state index in [2.05, 4.69) is 15.3 Å². The first-order valence-corrected chi connectivity index (χ1v) is 10.8. The summed E-state index contributed by atoms with van der Waals surface area (Å²) in [5.41, 5.74) is 3.15. The average Bonchev–Trinajstić information content (AvgIpc) is 3.27. The minimum atomic E-state index is -0.267. The maximum atomic E-state index is 13.0. The Morgan fingerprint density at radius 3 is 2.86 bits per heavy atom. The SMILES string of the molecule is CSCCC(NC(=O)c1oc2c(Cl)cccc2c1C)c1nc2ccccc2[nH]1. The van der Waals surface area contributed by atoms with Crippen LogP contribution in [0.25, 0.3) is 22.0 Å². The molecule has 0 saturated carbocycles. The van der Waals surface area contributed by atoms with Gasteiger partial charge in [-0.3, -0.25) is 4.79 Å². The van der Waals surface area contributed by atoms with Gasteiger partial charge in [0, 0.05) is 10.9 Å². The van der Waals surface area contributed by atoms with E-state index >= 15 is 0 Å². The number of aromatic nitrogens is 2. The molecule has 0 aliphatic heterocycles. The molecule has 0 aliphatic rings. The van der Waals surface area contributed by atoms with Gasteiger partial charge in [0.2, 0.25) is 0 Å². The first kappa shape index (κ1) is 18.9. The number of amides is 1. The van der Waals surface area contributed by atoms with Crippen LogP contribution in [0.3, 0.4) is 0 Å². The summed E-state index contributed by atoms with van der Waals surface area (Å²) in [5.74, 6) is 1.66. The van der Waals surface area contributed by atoms with Crippen LogP contribution in [-0.2, 0) is 0 Å². The zero-order chi connectivity index (χ0) is 19.7. The molecule has 1 unspecified atom stereocenters. The number of furan rings is 1. The van der Waals surface area contributed by atoms with Gasteiger partial charge in [-0.15, -0.1) is 0 Å². The number of para-hydroxylation sites is 3. The Morgan fingerprint density at radius 2 is 2.11 bits per heavy atom. The van der Waals surface area contributed by atoms with Gasteiger partial charge in [-0.2, -0.15) is 11.8 Å². The first-order valence-electron chi connectivity index (χ1n) is 9.00. The lowest BCUT2D eigenvalue weighted by Crippen LogP contribution is -2.30. The third kappa shape index (κ3) is 3.50. The molecule has 0 spiro atoms. The Balaban J connectivity index is 1.66. The highest BCUT2D eigenvalue weighted by Gasteiger charge is 2.24. The van der Waals surface area contributed by atoms with Crippen molar-refractivity contribution in [1.82, 2.24) is 15.3 Å². The third-order valence-corrected chi connectivity index (χ3v) is 5.72. The van der Waals surface area contributed by atoms with Gasteiger partial charge < -0.3 is 14.7 Å². The second-order valence-corrected chi connectivity index (χ2v) is 8.01. The Labute approximate surface area is 171 Å². The Hall–Kier alpha value is -2.44. The van der Waals surface area contributed by atoms with Crippen molar-refractivity contribution in [3.05, 3.63) is 64.6 Å². The molecule has 28 heavy (non-hydrogen) atoms. The van der Waals surface area contributed by atoms with E-state index in [0.29, 0.717) is 10.6 Å². The molecule has 0 bridgehead atoms. The quantitative estimate of drug-likeness (QED) is 0.438. The van der Waals surface area contributed by atoms with Gasteiger partial charge in [-0.05, 0) is 43.6 Å². The fourth-order valence-electron chi connectivity index (χ4n) is 3.30. The molecule has 144 valence electrons. The molecule has 4 rings (SSSR count). The lowest BCUT2D eigenvalue weighted by molar-refractivity contribution is 0.0907. The molecule has 4 aromatic rings. The summed E-state index contributed by atoms with van der Waals surface area (Å²) in [6.45, 7) is 1.87. The van der Waals surface area contributed by atoms with E-state index in [1.807, 2.05) is 49.6 Å². The number of H-pyrrole nitrogens is 1. The number of hydrogen-bond donors (Lipinski definition) is 2. The Morgan fingerprint density at radius 1 is 1.29 bits per heavy atom. The number of rotatable bonds is 6. The fourth-order valence-corrected chi connectivity index (χ4v) is 3.98. The number of halogens is 1. The molecule has 2 N–H and O–H groups in total. The van der Waals surface area contributed by atoms with Gasteiger partial charge in [0.25, 0.3) is 5.91 Å². The molecule has 7 heteroatoms. The number of hydrogen-bond acceptors (Lipinski definition) is 4. The van der Waals surface area contributed by atoms with Gasteiger partial charge in [-0.1, -0.05) is 35.9 Å². The highest BCUT2D eigenvalue weighted by Crippen LogP contribution is 2.31. The highest BCUT2D eigenvalue weighted by molar-refractivity contribution is 7.98. The summed E-state index contributed by atoms with van der Waals surface area (Å²) in [7, 11) is 0. The van der Waals surface area contributed by atoms with Crippen molar-refractivity contribution in [3.63, 3.8) is 0 Å². The van der Waals surface area contributed by atoms with E-state index in [1.165, 1.54) is 0 Å². The normalized spacial score (nSPS) is 12.5. The van der Waals surface area contributed by atoms with Crippen LogP contribution in [0, 0.1) is 6.92 Å². The number of carbonyl (C=O) groups excluding carboxylic acids is 1. The number of carbonyl (C=O) groups is 1. The zero-order valence-corrected chi connectivity index (χ0v) is 17.2. The largest absolute Gasteiger partial charge is 0.449 e. The van der Waals surface area contributed by atoms with Gasteiger partial charge in [0.1, 0.15) is 5.82 Å². The predicted octanol–water partition coefficient (Wildman–Crippen LogP) is 5.50. The molecule has 1 amide bonds. The second-order valence-electron chi connectivity index (χ2n) is 6.62. The van der Waals surface area contributed by atoms with Crippen molar-refractivity contribution in [3.8, 4) is 0 Å². The second kappa shape index (κ2) is 7.89. The standard InChI is InChI=1S/C21H20ClN3O2S/c1-12-13-6-5-7-14(22)19(13)27-18(12)21(26)25-17(10-11-28-2)20-23-15-8-3-4-9-16(15)24-20/h3-9,17H,10-11H2,1-2H3,(H,23,24)(H,25,26). The molecule has 0 aliphatic carbocycles. The van der Waals surface area contributed by atoms with Crippen molar-refractivity contribution >= 4 is 51.3 Å². The summed E-state index contributed by atoms with van der Waals surface area (Å²) in [4.78, 5) is 21.0. The van der Waals surface area contributed by atoms with Crippen molar-refractivity contribution in [1.29, 1.82) is 0 Å². The molecule has 1 atom stereocenters. The minimum Gasteiger partial charge on any atom is -0.449 e. The molecular weight excluding hydrogens is 394 g/mol. The minimum absolute atomic E-state index is 0.240. The molecule has 2 aromatic heterocycles. The summed E-state index contributed by atoms with van der Waals surface area (Å²) in [6.07, 6.45) is 2.80. The molecule has 2 heterocycles. The van der Waals surface area contributed by atoms with Crippen LogP contribution in [0.4, 0.5) is 0 Å². The number of aromatic amines is 1. The van der Waals surface area contributed by atoms with Crippen LogP contribution in [0.1, 0.15) is 34.4 Å². The molecule has 0 radical (unpaired) electrons. The topological polar surface area (TPSA) is 70.9 Å². The van der Waals surface area contributed by atoms with E-state index in [4.69, 9.17) is 16.0 Å². The van der Waals surface area contributed by atoms with Crippen LogP contribution in [-0.4, -0.2) is 27.9 Å². The van der Waals surface area contributed by atoms with E-state index in [9.17, 15) is 4.79 Å². The Bertz CT molecular complexity index is 1120. The average molecular weight is 414 g/mol. The van der Waals surface area contributed by atoms with E-state index in [-0.39, 0.29) is 17.7 Å². The Kier molecular flexibility index (Phi) is 5.33.